The van der Waals surface area contributed by atoms with Crippen LogP contribution in [0.4, 0.5) is 5.69 Å². The van der Waals surface area contributed by atoms with Crippen LogP contribution in [0.3, 0.4) is 0 Å². The monoisotopic (exact) mass is 267 g/mol. The fraction of sp³-hybridized carbons (Fsp3) is 0.133. The summed E-state index contributed by atoms with van der Waals surface area (Å²) >= 11 is 0. The third-order valence-corrected chi connectivity index (χ3v) is 3.07. The number of amides is 1. The van der Waals surface area contributed by atoms with Crippen LogP contribution in [0.2, 0.25) is 0 Å². The van der Waals surface area contributed by atoms with Crippen LogP contribution in [0, 0.1) is 6.92 Å². The number of aryl methyl sites for hydroxylation is 1. The summed E-state index contributed by atoms with van der Waals surface area (Å²) in [5.41, 5.74) is 3.76. The summed E-state index contributed by atoms with van der Waals surface area (Å²) in [6.45, 7) is 2.00. The summed E-state index contributed by atoms with van der Waals surface area (Å²) in [6.07, 6.45) is 5.91. The topological polar surface area (TPSA) is 68.0 Å². The van der Waals surface area contributed by atoms with Crippen molar-refractivity contribution in [3.63, 3.8) is 0 Å². The molecule has 1 amide bonds. The van der Waals surface area contributed by atoms with Crippen molar-refractivity contribution < 1.29 is 9.42 Å². The number of anilines is 1. The largest absolute Gasteiger partial charge is 0.322 e. The van der Waals surface area contributed by atoms with Crippen molar-refractivity contribution in [2.24, 2.45) is 0 Å². The molecule has 0 radical (unpaired) electrons. The van der Waals surface area contributed by atoms with E-state index in [2.05, 4.69) is 20.3 Å². The van der Waals surface area contributed by atoms with Gasteiger partial charge in [0.25, 0.3) is 5.91 Å². The van der Waals surface area contributed by atoms with Crippen molar-refractivity contribution in [3.05, 3.63) is 52.9 Å². The molecule has 2 aromatic rings. The van der Waals surface area contributed by atoms with Crippen molar-refractivity contribution in [2.75, 3.05) is 5.32 Å². The molecule has 1 aliphatic carbocycles. The van der Waals surface area contributed by atoms with Crippen LogP contribution in [0.15, 0.2) is 40.5 Å². The van der Waals surface area contributed by atoms with Gasteiger partial charge in [-0.15, -0.1) is 0 Å². The maximum Gasteiger partial charge on any atom is 0.251 e. The standard InChI is InChI=1S/C15H13N3O2/c1-10-5-7-12(8-6-10)16-15(19)11-3-2-4-13-14(9-11)18-20-17-13/h2,4-9H,3H2,1H3,(H,16,19). The Hall–Kier alpha value is -2.69. The van der Waals surface area contributed by atoms with Crippen LogP contribution < -0.4 is 5.32 Å². The minimum atomic E-state index is -0.144. The number of fused-ring (bicyclic) bond motifs is 1. The lowest BCUT2D eigenvalue weighted by Crippen LogP contribution is -2.13. The Bertz CT molecular complexity index is 696. The van der Waals surface area contributed by atoms with E-state index in [1.54, 1.807) is 12.2 Å². The van der Waals surface area contributed by atoms with Crippen molar-refractivity contribution in [3.8, 4) is 0 Å². The van der Waals surface area contributed by atoms with E-state index in [1.807, 2.05) is 37.3 Å². The molecular formula is C15H13N3O2. The predicted molar refractivity (Wildman–Crippen MR) is 75.7 cm³/mol. The molecule has 0 saturated heterocycles. The summed E-state index contributed by atoms with van der Waals surface area (Å²) in [4.78, 5) is 12.2. The highest BCUT2D eigenvalue weighted by Gasteiger charge is 2.15. The molecule has 0 fully saturated rings. The van der Waals surface area contributed by atoms with Gasteiger partial charge in [-0.2, -0.15) is 0 Å². The van der Waals surface area contributed by atoms with Gasteiger partial charge in [0.1, 0.15) is 11.4 Å². The van der Waals surface area contributed by atoms with Crippen LogP contribution in [-0.4, -0.2) is 16.2 Å². The molecule has 5 nitrogen and oxygen atoms in total. The summed E-state index contributed by atoms with van der Waals surface area (Å²) in [5, 5.41) is 10.4. The van der Waals surface area contributed by atoms with Gasteiger partial charge in [-0.1, -0.05) is 23.8 Å². The number of hydrogen-bond donors (Lipinski definition) is 1. The first-order chi connectivity index (χ1) is 9.72. The zero-order chi connectivity index (χ0) is 13.9. The minimum Gasteiger partial charge on any atom is -0.322 e. The molecule has 1 aromatic heterocycles. The minimum absolute atomic E-state index is 0.144. The van der Waals surface area contributed by atoms with Crippen LogP contribution in [0.1, 0.15) is 23.4 Å². The van der Waals surface area contributed by atoms with E-state index >= 15 is 0 Å². The smallest absolute Gasteiger partial charge is 0.251 e. The average Bonchev–Trinajstić information content (AvgIpc) is 2.78. The average molecular weight is 267 g/mol. The number of nitrogens with zero attached hydrogens (tertiary/aromatic N) is 2. The normalized spacial score (nSPS) is 13.3. The van der Waals surface area contributed by atoms with Gasteiger partial charge in [0.15, 0.2) is 0 Å². The van der Waals surface area contributed by atoms with Gasteiger partial charge in [0.05, 0.1) is 0 Å². The molecule has 0 unspecified atom stereocenters. The van der Waals surface area contributed by atoms with E-state index in [0.29, 0.717) is 23.4 Å². The Morgan fingerprint density at radius 3 is 2.75 bits per heavy atom. The highest BCUT2D eigenvalue weighted by atomic mass is 16.6. The molecule has 1 aliphatic rings. The highest BCUT2D eigenvalue weighted by Crippen LogP contribution is 2.19. The molecule has 0 aliphatic heterocycles. The number of rotatable bonds is 2. The second-order valence-electron chi connectivity index (χ2n) is 4.63. The zero-order valence-electron chi connectivity index (χ0n) is 11.0. The van der Waals surface area contributed by atoms with Gasteiger partial charge in [0.2, 0.25) is 0 Å². The summed E-state index contributed by atoms with van der Waals surface area (Å²) in [5.74, 6) is -0.144. The van der Waals surface area contributed by atoms with E-state index in [1.165, 1.54) is 0 Å². The van der Waals surface area contributed by atoms with Crippen molar-refractivity contribution in [1.82, 2.24) is 10.3 Å². The van der Waals surface area contributed by atoms with Crippen molar-refractivity contribution >= 4 is 23.7 Å². The van der Waals surface area contributed by atoms with Gasteiger partial charge >= 0.3 is 0 Å². The number of nitrogens with one attached hydrogen (secondary N) is 1. The van der Waals surface area contributed by atoms with Gasteiger partial charge in [-0.25, -0.2) is 4.63 Å². The van der Waals surface area contributed by atoms with Crippen LogP contribution in [0.5, 0.6) is 0 Å². The number of aromatic nitrogens is 2. The molecule has 1 aromatic carbocycles. The van der Waals surface area contributed by atoms with Gasteiger partial charge < -0.3 is 5.32 Å². The molecular weight excluding hydrogens is 254 g/mol. The van der Waals surface area contributed by atoms with E-state index in [0.717, 1.165) is 11.3 Å². The highest BCUT2D eigenvalue weighted by molar-refractivity contribution is 6.07. The Labute approximate surface area is 116 Å². The van der Waals surface area contributed by atoms with E-state index in [9.17, 15) is 4.79 Å². The lowest BCUT2D eigenvalue weighted by Gasteiger charge is -2.07. The van der Waals surface area contributed by atoms with Crippen LogP contribution in [0.25, 0.3) is 12.2 Å². The van der Waals surface area contributed by atoms with Crippen LogP contribution in [-0.2, 0) is 4.79 Å². The zero-order valence-corrected chi connectivity index (χ0v) is 11.0. The summed E-state index contributed by atoms with van der Waals surface area (Å²) in [6, 6.07) is 7.67. The maximum atomic E-state index is 12.2. The summed E-state index contributed by atoms with van der Waals surface area (Å²) in [7, 11) is 0. The molecule has 20 heavy (non-hydrogen) atoms. The SMILES string of the molecule is Cc1ccc(NC(=O)C2=Cc3nonc3C=CC2)cc1. The molecule has 0 bridgehead atoms. The van der Waals surface area contributed by atoms with E-state index in [-0.39, 0.29) is 5.91 Å². The Morgan fingerprint density at radius 1 is 1.20 bits per heavy atom. The predicted octanol–water partition coefficient (Wildman–Crippen LogP) is 2.82. The Kier molecular flexibility index (Phi) is 3.16. The van der Waals surface area contributed by atoms with E-state index < -0.39 is 0 Å². The maximum absolute atomic E-state index is 12.2. The Morgan fingerprint density at radius 2 is 1.95 bits per heavy atom. The lowest BCUT2D eigenvalue weighted by molar-refractivity contribution is -0.112. The quantitative estimate of drug-likeness (QED) is 0.908. The third kappa shape index (κ3) is 2.51. The van der Waals surface area contributed by atoms with Gasteiger partial charge in [-0.3, -0.25) is 4.79 Å². The number of allylic oxidation sites excluding steroid dienone is 1. The third-order valence-electron chi connectivity index (χ3n) is 3.07. The molecule has 5 heteroatoms. The van der Waals surface area contributed by atoms with Gasteiger partial charge in [0, 0.05) is 11.3 Å². The first kappa shape index (κ1) is 12.3. The van der Waals surface area contributed by atoms with Crippen molar-refractivity contribution in [1.29, 1.82) is 0 Å². The summed E-state index contributed by atoms with van der Waals surface area (Å²) < 4.78 is 4.65. The van der Waals surface area contributed by atoms with Crippen LogP contribution >= 0.6 is 0 Å². The second kappa shape index (κ2) is 5.13. The van der Waals surface area contributed by atoms with E-state index in [4.69, 9.17) is 0 Å². The first-order valence-electron chi connectivity index (χ1n) is 6.30. The number of hydrogen-bond acceptors (Lipinski definition) is 4. The lowest BCUT2D eigenvalue weighted by atomic mass is 10.1. The molecule has 0 saturated carbocycles. The van der Waals surface area contributed by atoms with Gasteiger partial charge in [-0.05, 0) is 47.9 Å². The molecule has 100 valence electrons. The first-order valence-corrected chi connectivity index (χ1v) is 6.30. The van der Waals surface area contributed by atoms with Crippen molar-refractivity contribution in [2.45, 2.75) is 13.3 Å². The molecule has 0 spiro atoms. The fourth-order valence-corrected chi connectivity index (χ4v) is 1.95. The second-order valence-corrected chi connectivity index (χ2v) is 4.63. The molecule has 0 atom stereocenters. The number of carbonyl (C=O) groups is 1. The Balaban J connectivity index is 1.81. The number of carbonyl (C=O) groups excluding carboxylic acids is 1. The number of benzene rings is 1. The molecule has 1 N–H and O–H groups in total. The fourth-order valence-electron chi connectivity index (χ4n) is 1.95. The molecule has 1 heterocycles. The molecule has 3 rings (SSSR count).